The first-order valence-corrected chi connectivity index (χ1v) is 9.50. The second-order valence-electron chi connectivity index (χ2n) is 6.49. The van der Waals surface area contributed by atoms with Crippen molar-refractivity contribution in [2.75, 3.05) is 31.1 Å². The molecule has 3 aromatic rings. The lowest BCUT2D eigenvalue weighted by atomic mass is 10.2. The van der Waals surface area contributed by atoms with E-state index in [9.17, 15) is 4.79 Å². The summed E-state index contributed by atoms with van der Waals surface area (Å²) in [6.45, 7) is 2.75. The molecule has 0 aliphatic carbocycles. The van der Waals surface area contributed by atoms with Crippen molar-refractivity contribution < 1.29 is 4.79 Å². The van der Waals surface area contributed by atoms with E-state index in [0.29, 0.717) is 18.1 Å². The maximum Gasteiger partial charge on any atom is 0.246 e. The van der Waals surface area contributed by atoms with Gasteiger partial charge in [0.2, 0.25) is 5.91 Å². The summed E-state index contributed by atoms with van der Waals surface area (Å²) in [6, 6.07) is 13.4. The molecule has 4 rings (SSSR count). The molecule has 3 heterocycles. The fourth-order valence-corrected chi connectivity index (χ4v) is 3.37. The Morgan fingerprint density at radius 1 is 0.964 bits per heavy atom. The van der Waals surface area contributed by atoms with E-state index in [1.54, 1.807) is 18.5 Å². The molecule has 0 N–H and O–H groups in total. The molecule has 1 amide bonds. The Kier molecular flexibility index (Phi) is 5.39. The molecular weight excluding hydrogens is 374 g/mol. The maximum atomic E-state index is 12.5. The van der Waals surface area contributed by atoms with Gasteiger partial charge in [-0.3, -0.25) is 4.79 Å². The van der Waals surface area contributed by atoms with Gasteiger partial charge in [-0.05, 0) is 29.8 Å². The Balaban J connectivity index is 1.38. The van der Waals surface area contributed by atoms with E-state index in [2.05, 4.69) is 14.9 Å². The summed E-state index contributed by atoms with van der Waals surface area (Å²) in [6.07, 6.45) is 8.84. The summed E-state index contributed by atoms with van der Waals surface area (Å²) in [4.78, 5) is 25.2. The maximum absolute atomic E-state index is 12.5. The summed E-state index contributed by atoms with van der Waals surface area (Å²) >= 11 is 6.13. The van der Waals surface area contributed by atoms with Crippen LogP contribution in [0.25, 0.3) is 11.9 Å². The lowest BCUT2D eigenvalue weighted by Gasteiger charge is -2.35. The third-order valence-electron chi connectivity index (χ3n) is 4.73. The average Bonchev–Trinajstić information content (AvgIpc) is 3.28. The van der Waals surface area contributed by atoms with Gasteiger partial charge in [-0.25, -0.2) is 9.97 Å². The fraction of sp³-hybridized carbons (Fsp3) is 0.190. The van der Waals surface area contributed by atoms with Crippen molar-refractivity contribution in [3.8, 4) is 5.82 Å². The minimum atomic E-state index is -0.00436. The van der Waals surface area contributed by atoms with E-state index in [1.165, 1.54) is 0 Å². The molecule has 1 saturated heterocycles. The first-order chi connectivity index (χ1) is 13.7. The van der Waals surface area contributed by atoms with Gasteiger partial charge in [0.25, 0.3) is 0 Å². The molecule has 0 radical (unpaired) electrons. The molecule has 0 bridgehead atoms. The Labute approximate surface area is 168 Å². The summed E-state index contributed by atoms with van der Waals surface area (Å²) in [5.74, 6) is 1.70. The van der Waals surface area contributed by atoms with Gasteiger partial charge in [0.05, 0.1) is 0 Å². The number of rotatable bonds is 4. The summed E-state index contributed by atoms with van der Waals surface area (Å²) in [7, 11) is 0. The van der Waals surface area contributed by atoms with Crippen LogP contribution in [-0.2, 0) is 4.79 Å². The summed E-state index contributed by atoms with van der Waals surface area (Å²) < 4.78 is 1.95. The van der Waals surface area contributed by atoms with Crippen molar-refractivity contribution in [2.45, 2.75) is 0 Å². The number of carbonyl (C=O) groups is 1. The molecule has 1 aromatic carbocycles. The predicted octanol–water partition coefficient (Wildman–Crippen LogP) is 3.28. The number of amides is 1. The highest BCUT2D eigenvalue weighted by Gasteiger charge is 2.21. The molecule has 142 valence electrons. The van der Waals surface area contributed by atoms with Crippen LogP contribution in [0.5, 0.6) is 0 Å². The number of carbonyl (C=O) groups excluding carboxylic acids is 1. The number of anilines is 1. The van der Waals surface area contributed by atoms with Crippen LogP contribution >= 0.6 is 11.6 Å². The lowest BCUT2D eigenvalue weighted by Crippen LogP contribution is -2.48. The zero-order chi connectivity index (χ0) is 19.3. The number of aromatic nitrogens is 3. The third-order valence-corrected chi connectivity index (χ3v) is 5.08. The Hall–Kier alpha value is -3.12. The number of nitrogens with zero attached hydrogens (tertiary/aromatic N) is 5. The van der Waals surface area contributed by atoms with Gasteiger partial charge in [0, 0.05) is 55.7 Å². The number of hydrogen-bond donors (Lipinski definition) is 0. The van der Waals surface area contributed by atoms with E-state index >= 15 is 0 Å². The second-order valence-corrected chi connectivity index (χ2v) is 6.90. The molecule has 7 heteroatoms. The van der Waals surface area contributed by atoms with Gasteiger partial charge >= 0.3 is 0 Å². The zero-order valence-corrected chi connectivity index (χ0v) is 16.0. The van der Waals surface area contributed by atoms with Crippen molar-refractivity contribution in [2.24, 2.45) is 0 Å². The highest BCUT2D eigenvalue weighted by atomic mass is 35.5. The zero-order valence-electron chi connectivity index (χ0n) is 15.3. The smallest absolute Gasteiger partial charge is 0.246 e. The molecule has 0 saturated carbocycles. The molecule has 28 heavy (non-hydrogen) atoms. The van der Waals surface area contributed by atoms with Crippen LogP contribution in [-0.4, -0.2) is 51.5 Å². The minimum absolute atomic E-state index is 0.00436. The fourth-order valence-electron chi connectivity index (χ4n) is 3.17. The van der Waals surface area contributed by atoms with Crippen molar-refractivity contribution in [3.63, 3.8) is 0 Å². The van der Waals surface area contributed by atoms with Gasteiger partial charge in [-0.2, -0.15) is 0 Å². The molecule has 0 atom stereocenters. The van der Waals surface area contributed by atoms with Crippen molar-refractivity contribution in [3.05, 3.63) is 77.8 Å². The molecule has 2 aromatic heterocycles. The van der Waals surface area contributed by atoms with Gasteiger partial charge < -0.3 is 14.4 Å². The third kappa shape index (κ3) is 4.07. The normalized spacial score (nSPS) is 14.6. The van der Waals surface area contributed by atoms with Crippen LogP contribution in [0.3, 0.4) is 0 Å². The standard InChI is InChI=1S/C21H20ClN5O/c22-18-6-2-1-5-17(18)7-8-21(28)27-13-11-26(12-14-27)20-15-19(23-16-24-20)25-9-3-4-10-25/h1-10,15-16H,11-14H2/b8-7+. The van der Waals surface area contributed by atoms with Crippen LogP contribution in [0.4, 0.5) is 5.82 Å². The SMILES string of the molecule is O=C(/C=C/c1ccccc1Cl)N1CCN(c2cc(-n3cccc3)ncn2)CC1. The molecule has 6 nitrogen and oxygen atoms in total. The van der Waals surface area contributed by atoms with E-state index in [1.807, 2.05) is 64.3 Å². The largest absolute Gasteiger partial charge is 0.353 e. The molecule has 0 spiro atoms. The number of benzene rings is 1. The van der Waals surface area contributed by atoms with Crippen LogP contribution in [0.15, 0.2) is 67.3 Å². The molecule has 0 unspecified atom stereocenters. The molecule has 1 fully saturated rings. The highest BCUT2D eigenvalue weighted by Crippen LogP contribution is 2.18. The molecular formula is C21H20ClN5O. The van der Waals surface area contributed by atoms with Gasteiger partial charge in [0.15, 0.2) is 0 Å². The topological polar surface area (TPSA) is 54.3 Å². The Bertz CT molecular complexity index is 978. The van der Waals surface area contributed by atoms with Gasteiger partial charge in [0.1, 0.15) is 18.0 Å². The number of halogens is 1. The molecule has 1 aliphatic heterocycles. The minimum Gasteiger partial charge on any atom is -0.353 e. The first kappa shape index (κ1) is 18.3. The van der Waals surface area contributed by atoms with Crippen LogP contribution in [0.2, 0.25) is 5.02 Å². The first-order valence-electron chi connectivity index (χ1n) is 9.12. The van der Waals surface area contributed by atoms with Crippen LogP contribution in [0, 0.1) is 0 Å². The number of hydrogen-bond acceptors (Lipinski definition) is 4. The Morgan fingerprint density at radius 2 is 1.68 bits per heavy atom. The average molecular weight is 394 g/mol. The second kappa shape index (κ2) is 8.27. The number of piperazine rings is 1. The lowest BCUT2D eigenvalue weighted by molar-refractivity contribution is -0.126. The van der Waals surface area contributed by atoms with Crippen molar-refractivity contribution >= 4 is 29.4 Å². The summed E-state index contributed by atoms with van der Waals surface area (Å²) in [5.41, 5.74) is 0.842. The predicted molar refractivity (Wildman–Crippen MR) is 111 cm³/mol. The van der Waals surface area contributed by atoms with E-state index in [-0.39, 0.29) is 5.91 Å². The van der Waals surface area contributed by atoms with E-state index in [4.69, 9.17) is 11.6 Å². The van der Waals surface area contributed by atoms with Crippen LogP contribution in [0.1, 0.15) is 5.56 Å². The molecule has 1 aliphatic rings. The van der Waals surface area contributed by atoms with Crippen LogP contribution < -0.4 is 4.90 Å². The Morgan fingerprint density at radius 3 is 2.43 bits per heavy atom. The van der Waals surface area contributed by atoms with Crippen molar-refractivity contribution in [1.82, 2.24) is 19.4 Å². The van der Waals surface area contributed by atoms with E-state index in [0.717, 1.165) is 30.3 Å². The quantitative estimate of drug-likeness (QED) is 0.638. The van der Waals surface area contributed by atoms with E-state index < -0.39 is 0 Å². The highest BCUT2D eigenvalue weighted by molar-refractivity contribution is 6.32. The van der Waals surface area contributed by atoms with Gasteiger partial charge in [-0.1, -0.05) is 29.8 Å². The summed E-state index contributed by atoms with van der Waals surface area (Å²) in [5, 5.41) is 0.638. The monoisotopic (exact) mass is 393 g/mol. The van der Waals surface area contributed by atoms with Gasteiger partial charge in [-0.15, -0.1) is 0 Å². The van der Waals surface area contributed by atoms with Crippen molar-refractivity contribution in [1.29, 1.82) is 0 Å².